The van der Waals surface area contributed by atoms with Crippen molar-refractivity contribution in [2.75, 3.05) is 13.2 Å². The molecular formula is C16H25ClN2O2. The molecule has 0 aromatic heterocycles. The number of nitrogens with one attached hydrogen (secondary N) is 2. The van der Waals surface area contributed by atoms with Gasteiger partial charge in [0.25, 0.3) is 5.91 Å². The summed E-state index contributed by atoms with van der Waals surface area (Å²) in [5.74, 6) is 0.462. The maximum absolute atomic E-state index is 11.8. The first-order valence-electron chi connectivity index (χ1n) is 7.48. The van der Waals surface area contributed by atoms with Gasteiger partial charge in [0, 0.05) is 18.2 Å². The molecule has 1 aromatic rings. The Bertz CT molecular complexity index is 452. The second kappa shape index (κ2) is 9.64. The van der Waals surface area contributed by atoms with E-state index >= 15 is 0 Å². The third kappa shape index (κ3) is 6.36. The van der Waals surface area contributed by atoms with Crippen LogP contribution in [0.25, 0.3) is 0 Å². The first-order valence-corrected chi connectivity index (χ1v) is 7.86. The Kier molecular flexibility index (Phi) is 8.16. The van der Waals surface area contributed by atoms with Gasteiger partial charge in [-0.15, -0.1) is 0 Å². The molecule has 1 aromatic carbocycles. The van der Waals surface area contributed by atoms with Crippen LogP contribution in [0.5, 0.6) is 5.75 Å². The fraction of sp³-hybridized carbons (Fsp3) is 0.562. The Morgan fingerprint density at radius 3 is 2.81 bits per heavy atom. The van der Waals surface area contributed by atoms with Crippen LogP contribution in [0, 0.1) is 0 Å². The van der Waals surface area contributed by atoms with Gasteiger partial charge >= 0.3 is 0 Å². The van der Waals surface area contributed by atoms with Gasteiger partial charge < -0.3 is 15.4 Å². The Balaban J connectivity index is 2.59. The summed E-state index contributed by atoms with van der Waals surface area (Å²) >= 11 is 6.16. The van der Waals surface area contributed by atoms with E-state index in [2.05, 4.69) is 17.6 Å². The van der Waals surface area contributed by atoms with Gasteiger partial charge in [-0.05, 0) is 26.0 Å². The van der Waals surface area contributed by atoms with Crippen LogP contribution in [0.15, 0.2) is 18.2 Å². The number of hydrogen-bond acceptors (Lipinski definition) is 3. The molecule has 0 saturated carbocycles. The summed E-state index contributed by atoms with van der Waals surface area (Å²) in [6.45, 7) is 7.63. The van der Waals surface area contributed by atoms with E-state index in [0.29, 0.717) is 17.3 Å². The predicted molar refractivity (Wildman–Crippen MR) is 86.8 cm³/mol. The van der Waals surface area contributed by atoms with Crippen molar-refractivity contribution in [3.8, 4) is 5.75 Å². The Morgan fingerprint density at radius 2 is 2.14 bits per heavy atom. The molecule has 21 heavy (non-hydrogen) atoms. The molecule has 0 saturated heterocycles. The van der Waals surface area contributed by atoms with E-state index in [1.807, 2.05) is 26.0 Å². The predicted octanol–water partition coefficient (Wildman–Crippen LogP) is 3.13. The van der Waals surface area contributed by atoms with Gasteiger partial charge in [-0.1, -0.05) is 44.0 Å². The fourth-order valence-electron chi connectivity index (χ4n) is 2.07. The average molecular weight is 313 g/mol. The molecule has 0 heterocycles. The van der Waals surface area contributed by atoms with Crippen molar-refractivity contribution in [2.45, 2.75) is 46.2 Å². The molecule has 1 amide bonds. The molecule has 1 atom stereocenters. The monoisotopic (exact) mass is 312 g/mol. The zero-order valence-electron chi connectivity index (χ0n) is 13.0. The lowest BCUT2D eigenvalue weighted by Gasteiger charge is -2.15. The number of carbonyl (C=O) groups excluding carboxylic acids is 1. The average Bonchev–Trinajstić information content (AvgIpc) is 2.44. The number of benzene rings is 1. The van der Waals surface area contributed by atoms with Gasteiger partial charge in [-0.25, -0.2) is 0 Å². The van der Waals surface area contributed by atoms with E-state index in [-0.39, 0.29) is 18.6 Å². The van der Waals surface area contributed by atoms with Crippen LogP contribution in [0.1, 0.15) is 39.2 Å². The Hall–Kier alpha value is -1.26. The van der Waals surface area contributed by atoms with Crippen LogP contribution in [0.3, 0.4) is 0 Å². The summed E-state index contributed by atoms with van der Waals surface area (Å²) in [5, 5.41) is 6.67. The number of para-hydroxylation sites is 1. The molecule has 5 heteroatoms. The molecule has 0 aliphatic carbocycles. The molecular weight excluding hydrogens is 288 g/mol. The Labute approximate surface area is 132 Å². The van der Waals surface area contributed by atoms with Gasteiger partial charge in [0.15, 0.2) is 6.61 Å². The molecule has 4 nitrogen and oxygen atoms in total. The molecule has 0 spiro atoms. The lowest BCUT2D eigenvalue weighted by molar-refractivity contribution is -0.123. The van der Waals surface area contributed by atoms with Crippen molar-refractivity contribution in [1.82, 2.24) is 10.6 Å². The summed E-state index contributed by atoms with van der Waals surface area (Å²) in [6, 6.07) is 5.76. The number of rotatable bonds is 9. The summed E-state index contributed by atoms with van der Waals surface area (Å²) in [5.41, 5.74) is 0.957. The molecule has 0 aliphatic heterocycles. The van der Waals surface area contributed by atoms with Crippen LogP contribution in [-0.2, 0) is 11.3 Å². The van der Waals surface area contributed by atoms with Crippen molar-refractivity contribution in [3.63, 3.8) is 0 Å². The summed E-state index contributed by atoms with van der Waals surface area (Å²) in [7, 11) is 0. The van der Waals surface area contributed by atoms with E-state index in [9.17, 15) is 4.79 Å². The topological polar surface area (TPSA) is 50.4 Å². The van der Waals surface area contributed by atoms with Crippen molar-refractivity contribution in [2.24, 2.45) is 0 Å². The minimum atomic E-state index is -0.120. The van der Waals surface area contributed by atoms with Crippen molar-refractivity contribution in [1.29, 1.82) is 0 Å². The number of amides is 1. The first kappa shape index (κ1) is 17.8. The van der Waals surface area contributed by atoms with Crippen LogP contribution < -0.4 is 15.4 Å². The van der Waals surface area contributed by atoms with Gasteiger partial charge in [-0.3, -0.25) is 4.79 Å². The number of ether oxygens (including phenoxy) is 1. The summed E-state index contributed by atoms with van der Waals surface area (Å²) in [4.78, 5) is 11.8. The minimum Gasteiger partial charge on any atom is -0.482 e. The van der Waals surface area contributed by atoms with E-state index in [1.165, 1.54) is 0 Å². The van der Waals surface area contributed by atoms with Crippen LogP contribution in [0.4, 0.5) is 0 Å². The third-order valence-electron chi connectivity index (χ3n) is 3.09. The highest BCUT2D eigenvalue weighted by molar-refractivity contribution is 6.32. The van der Waals surface area contributed by atoms with Crippen LogP contribution >= 0.6 is 11.6 Å². The lowest BCUT2D eigenvalue weighted by Crippen LogP contribution is -2.36. The number of halogens is 1. The first-order chi connectivity index (χ1) is 10.1. The normalized spacial score (nSPS) is 12.0. The molecule has 0 bridgehead atoms. The SMILES string of the molecule is CCCC(C)NC(=O)COc1c(Cl)cccc1CNCC. The van der Waals surface area contributed by atoms with Gasteiger partial charge in [0.05, 0.1) is 5.02 Å². The van der Waals surface area contributed by atoms with Gasteiger partial charge in [0.2, 0.25) is 0 Å². The molecule has 0 radical (unpaired) electrons. The highest BCUT2D eigenvalue weighted by Crippen LogP contribution is 2.28. The van der Waals surface area contributed by atoms with Crippen molar-refractivity contribution in [3.05, 3.63) is 28.8 Å². The smallest absolute Gasteiger partial charge is 0.258 e. The van der Waals surface area contributed by atoms with Gasteiger partial charge in [-0.2, -0.15) is 0 Å². The molecule has 0 aliphatic rings. The maximum atomic E-state index is 11.8. The molecule has 118 valence electrons. The highest BCUT2D eigenvalue weighted by Gasteiger charge is 2.12. The zero-order valence-corrected chi connectivity index (χ0v) is 13.8. The van der Waals surface area contributed by atoms with Crippen molar-refractivity contribution >= 4 is 17.5 Å². The van der Waals surface area contributed by atoms with E-state index in [1.54, 1.807) is 6.07 Å². The fourth-order valence-corrected chi connectivity index (χ4v) is 2.32. The largest absolute Gasteiger partial charge is 0.482 e. The lowest BCUT2D eigenvalue weighted by atomic mass is 10.2. The maximum Gasteiger partial charge on any atom is 0.258 e. The highest BCUT2D eigenvalue weighted by atomic mass is 35.5. The minimum absolute atomic E-state index is 0.0170. The van der Waals surface area contributed by atoms with Crippen LogP contribution in [-0.4, -0.2) is 25.1 Å². The number of hydrogen-bond donors (Lipinski definition) is 2. The van der Waals surface area contributed by atoms with Crippen molar-refractivity contribution < 1.29 is 9.53 Å². The Morgan fingerprint density at radius 1 is 1.38 bits per heavy atom. The van der Waals surface area contributed by atoms with Crippen LogP contribution in [0.2, 0.25) is 5.02 Å². The van der Waals surface area contributed by atoms with E-state index in [0.717, 1.165) is 24.9 Å². The zero-order chi connectivity index (χ0) is 15.7. The molecule has 2 N–H and O–H groups in total. The van der Waals surface area contributed by atoms with E-state index < -0.39 is 0 Å². The third-order valence-corrected chi connectivity index (χ3v) is 3.39. The summed E-state index contributed by atoms with van der Waals surface area (Å²) < 4.78 is 5.62. The summed E-state index contributed by atoms with van der Waals surface area (Å²) in [6.07, 6.45) is 2.00. The van der Waals surface area contributed by atoms with Gasteiger partial charge in [0.1, 0.15) is 5.75 Å². The second-order valence-corrected chi connectivity index (χ2v) is 5.46. The molecule has 1 rings (SSSR count). The second-order valence-electron chi connectivity index (χ2n) is 5.05. The molecule has 0 fully saturated rings. The standard InChI is InChI=1S/C16H25ClN2O2/c1-4-7-12(3)19-15(20)11-21-16-13(10-18-5-2)8-6-9-14(16)17/h6,8-9,12,18H,4-5,7,10-11H2,1-3H3,(H,19,20). The molecule has 1 unspecified atom stereocenters. The van der Waals surface area contributed by atoms with E-state index in [4.69, 9.17) is 16.3 Å². The number of carbonyl (C=O) groups is 1. The quantitative estimate of drug-likeness (QED) is 0.736.